The molecule has 4 rings (SSSR count). The van der Waals surface area contributed by atoms with E-state index in [2.05, 4.69) is 9.97 Å². The zero-order chi connectivity index (χ0) is 23.3. The van der Waals surface area contributed by atoms with Crippen LogP contribution < -0.4 is 9.64 Å². The van der Waals surface area contributed by atoms with Crippen molar-refractivity contribution in [3.8, 4) is 5.75 Å². The van der Waals surface area contributed by atoms with Crippen molar-refractivity contribution in [2.24, 2.45) is 0 Å². The van der Waals surface area contributed by atoms with Gasteiger partial charge in [0.2, 0.25) is 5.91 Å². The Morgan fingerprint density at radius 1 is 1.03 bits per heavy atom. The average molecular weight is 482 g/mol. The predicted molar refractivity (Wildman–Crippen MR) is 129 cm³/mol. The fourth-order valence-electron chi connectivity index (χ4n) is 3.32. The Balaban J connectivity index is 1.63. The lowest BCUT2D eigenvalue weighted by atomic mass is 10.3. The topological polar surface area (TPSA) is 89.5 Å². The number of para-hydroxylation sites is 1. The third-order valence-electron chi connectivity index (χ3n) is 4.94. The molecule has 2 aromatic heterocycles. The molecule has 0 aliphatic heterocycles. The van der Waals surface area contributed by atoms with E-state index in [0.29, 0.717) is 28.7 Å². The molecule has 0 saturated carbocycles. The van der Waals surface area contributed by atoms with Crippen molar-refractivity contribution in [1.82, 2.24) is 9.97 Å². The number of sulfone groups is 1. The zero-order valence-corrected chi connectivity index (χ0v) is 19.7. The van der Waals surface area contributed by atoms with Crippen LogP contribution in [0.15, 0.2) is 77.8 Å². The van der Waals surface area contributed by atoms with E-state index in [1.165, 1.54) is 28.4 Å². The van der Waals surface area contributed by atoms with Gasteiger partial charge >= 0.3 is 0 Å². The van der Waals surface area contributed by atoms with Gasteiger partial charge in [-0.1, -0.05) is 41.7 Å². The summed E-state index contributed by atoms with van der Waals surface area (Å²) in [6, 6.07) is 19.3. The summed E-state index contributed by atoms with van der Waals surface area (Å²) in [5, 5.41) is 0.477. The monoisotopic (exact) mass is 481 g/mol. The molecule has 1 amide bonds. The Morgan fingerprint density at radius 3 is 2.55 bits per heavy atom. The lowest BCUT2D eigenvalue weighted by molar-refractivity contribution is -0.118. The zero-order valence-electron chi connectivity index (χ0n) is 18.0. The summed E-state index contributed by atoms with van der Waals surface area (Å²) in [4.78, 5) is 24.0. The number of carbonyl (C=O) groups is 1. The van der Waals surface area contributed by atoms with E-state index in [-0.39, 0.29) is 29.5 Å². The number of amides is 1. The molecular weight excluding hydrogens is 458 g/mol. The average Bonchev–Trinajstić information content (AvgIpc) is 3.27. The van der Waals surface area contributed by atoms with Crippen molar-refractivity contribution >= 4 is 42.4 Å². The number of hydrogen-bond donors (Lipinski definition) is 0. The van der Waals surface area contributed by atoms with Gasteiger partial charge in [0.15, 0.2) is 15.0 Å². The fraction of sp³-hybridized carbons (Fsp3) is 0.208. The Morgan fingerprint density at radius 2 is 1.82 bits per heavy atom. The van der Waals surface area contributed by atoms with Gasteiger partial charge in [0.05, 0.1) is 34.2 Å². The summed E-state index contributed by atoms with van der Waals surface area (Å²) < 4.78 is 32.0. The normalized spacial score (nSPS) is 11.4. The summed E-state index contributed by atoms with van der Waals surface area (Å²) in [5.74, 6) is 0.0236. The molecule has 7 nitrogen and oxygen atoms in total. The standard InChI is InChI=1S/C24H23N3O4S2/c1-2-31-20-12-8-13-21-23(20)26-24(32-21)27(17-18-9-6-7-15-25-18)22(28)14-16-33(29,30)19-10-4-3-5-11-19/h3-13,15H,2,14,16-17H2,1H3. The van der Waals surface area contributed by atoms with Crippen molar-refractivity contribution in [1.29, 1.82) is 0 Å². The number of rotatable bonds is 9. The molecule has 0 aliphatic carbocycles. The van der Waals surface area contributed by atoms with Crippen LogP contribution in [0, 0.1) is 0 Å². The van der Waals surface area contributed by atoms with E-state index in [4.69, 9.17) is 4.74 Å². The summed E-state index contributed by atoms with van der Waals surface area (Å²) in [5.41, 5.74) is 1.36. The third kappa shape index (κ3) is 5.37. The molecule has 0 radical (unpaired) electrons. The van der Waals surface area contributed by atoms with Gasteiger partial charge in [-0.25, -0.2) is 13.4 Å². The van der Waals surface area contributed by atoms with E-state index < -0.39 is 9.84 Å². The third-order valence-corrected chi connectivity index (χ3v) is 7.71. The molecule has 170 valence electrons. The minimum atomic E-state index is -3.58. The Hall–Kier alpha value is -3.30. The number of pyridine rings is 1. The number of thiazole rings is 1. The quantitative estimate of drug-likeness (QED) is 0.350. The second-order valence-electron chi connectivity index (χ2n) is 7.22. The first-order chi connectivity index (χ1) is 16.0. The van der Waals surface area contributed by atoms with E-state index in [9.17, 15) is 13.2 Å². The van der Waals surface area contributed by atoms with Gasteiger partial charge in [-0.15, -0.1) is 0 Å². The second kappa shape index (κ2) is 10.1. The van der Waals surface area contributed by atoms with Gasteiger partial charge in [-0.2, -0.15) is 0 Å². The molecule has 0 unspecified atom stereocenters. The van der Waals surface area contributed by atoms with Crippen LogP contribution in [0.2, 0.25) is 0 Å². The smallest absolute Gasteiger partial charge is 0.230 e. The molecule has 0 aliphatic rings. The summed E-state index contributed by atoms with van der Waals surface area (Å²) >= 11 is 1.36. The van der Waals surface area contributed by atoms with E-state index >= 15 is 0 Å². The van der Waals surface area contributed by atoms with Crippen molar-refractivity contribution in [3.63, 3.8) is 0 Å². The van der Waals surface area contributed by atoms with Gasteiger partial charge in [0, 0.05) is 12.6 Å². The molecule has 0 N–H and O–H groups in total. The first-order valence-corrected chi connectivity index (χ1v) is 13.0. The van der Waals surface area contributed by atoms with Crippen LogP contribution in [-0.4, -0.2) is 36.7 Å². The molecule has 0 atom stereocenters. The van der Waals surface area contributed by atoms with Gasteiger partial charge in [-0.05, 0) is 43.3 Å². The number of carbonyl (C=O) groups excluding carboxylic acids is 1. The highest BCUT2D eigenvalue weighted by atomic mass is 32.2. The fourth-order valence-corrected chi connectivity index (χ4v) is 5.57. The lowest BCUT2D eigenvalue weighted by Gasteiger charge is -2.19. The minimum absolute atomic E-state index is 0.168. The van der Waals surface area contributed by atoms with Crippen molar-refractivity contribution in [3.05, 3.63) is 78.6 Å². The van der Waals surface area contributed by atoms with E-state index in [0.717, 1.165) is 4.70 Å². The Kier molecular flexibility index (Phi) is 7.00. The van der Waals surface area contributed by atoms with Crippen molar-refractivity contribution in [2.45, 2.75) is 24.8 Å². The minimum Gasteiger partial charge on any atom is -0.492 e. The highest BCUT2D eigenvalue weighted by Gasteiger charge is 2.24. The number of benzene rings is 2. The SMILES string of the molecule is CCOc1cccc2sc(N(Cc3ccccn3)C(=O)CCS(=O)(=O)c3ccccc3)nc12. The van der Waals surface area contributed by atoms with Crippen LogP contribution in [0.4, 0.5) is 5.13 Å². The number of hydrogen-bond acceptors (Lipinski definition) is 7. The maximum Gasteiger partial charge on any atom is 0.230 e. The molecule has 9 heteroatoms. The molecule has 0 spiro atoms. The summed E-state index contributed by atoms with van der Waals surface area (Å²) in [7, 11) is -3.58. The van der Waals surface area contributed by atoms with Gasteiger partial charge in [0.1, 0.15) is 11.3 Å². The maximum atomic E-state index is 13.3. The van der Waals surface area contributed by atoms with Crippen LogP contribution in [0.5, 0.6) is 5.75 Å². The highest BCUT2D eigenvalue weighted by Crippen LogP contribution is 2.35. The maximum absolute atomic E-state index is 13.3. The number of fused-ring (bicyclic) bond motifs is 1. The number of aromatic nitrogens is 2. The molecule has 0 bridgehead atoms. The summed E-state index contributed by atoms with van der Waals surface area (Å²) in [6.07, 6.45) is 1.49. The van der Waals surface area contributed by atoms with Crippen LogP contribution in [0.1, 0.15) is 19.0 Å². The van der Waals surface area contributed by atoms with E-state index in [1.807, 2.05) is 37.3 Å². The number of nitrogens with zero attached hydrogens (tertiary/aromatic N) is 3. The van der Waals surface area contributed by atoms with Crippen LogP contribution in [0.3, 0.4) is 0 Å². The van der Waals surface area contributed by atoms with Crippen molar-refractivity contribution < 1.29 is 17.9 Å². The van der Waals surface area contributed by atoms with Crippen LogP contribution in [-0.2, 0) is 21.2 Å². The molecule has 4 aromatic rings. The first-order valence-electron chi connectivity index (χ1n) is 10.5. The molecular formula is C24H23N3O4S2. The highest BCUT2D eigenvalue weighted by molar-refractivity contribution is 7.91. The van der Waals surface area contributed by atoms with Gasteiger partial charge in [-0.3, -0.25) is 14.7 Å². The molecule has 2 aromatic carbocycles. The second-order valence-corrected chi connectivity index (χ2v) is 10.3. The van der Waals surface area contributed by atoms with Gasteiger partial charge in [0.25, 0.3) is 0 Å². The van der Waals surface area contributed by atoms with Gasteiger partial charge < -0.3 is 4.74 Å². The van der Waals surface area contributed by atoms with Crippen LogP contribution in [0.25, 0.3) is 10.2 Å². The Bertz CT molecular complexity index is 1340. The summed E-state index contributed by atoms with van der Waals surface area (Å²) in [6.45, 7) is 2.59. The first kappa shape index (κ1) is 22.9. The Labute approximate surface area is 196 Å². The van der Waals surface area contributed by atoms with Crippen molar-refractivity contribution in [2.75, 3.05) is 17.3 Å². The van der Waals surface area contributed by atoms with E-state index in [1.54, 1.807) is 30.5 Å². The van der Waals surface area contributed by atoms with Crippen LogP contribution >= 0.6 is 11.3 Å². The molecule has 33 heavy (non-hydrogen) atoms. The largest absolute Gasteiger partial charge is 0.492 e. The number of ether oxygens (including phenoxy) is 1. The lowest BCUT2D eigenvalue weighted by Crippen LogP contribution is -2.32. The molecule has 2 heterocycles. The predicted octanol–water partition coefficient (Wildman–Crippen LogP) is 4.49. The molecule has 0 saturated heterocycles. The molecule has 0 fully saturated rings. The number of anilines is 1.